The molecular formula is C27H23BClF4NO3S. The molecule has 2 aromatic heterocycles. The van der Waals surface area contributed by atoms with E-state index in [4.69, 9.17) is 25.6 Å². The molecule has 1 unspecified atom stereocenters. The van der Waals surface area contributed by atoms with E-state index in [0.717, 1.165) is 27.7 Å². The Morgan fingerprint density at radius 3 is 2.39 bits per heavy atom. The average molecular weight is 564 g/mol. The topological polar surface area (TPSA) is 32.6 Å². The fourth-order valence-electron chi connectivity index (χ4n) is 4.90. The molecule has 198 valence electrons. The molecule has 1 saturated heterocycles. The number of hydrogen-bond acceptors (Lipinski definition) is 4. The highest BCUT2D eigenvalue weighted by Crippen LogP contribution is 2.47. The molecule has 2 aliphatic heterocycles. The summed E-state index contributed by atoms with van der Waals surface area (Å²) in [7, 11) is -0.585. The van der Waals surface area contributed by atoms with Gasteiger partial charge in [-0.05, 0) is 69.6 Å². The standard InChI is InChI=1S/C27H23BClF4NO3S/c1-25(2)26(3,4)37-28(36-25)15-5-7-19-14(9-15)10-20-23-18(30)11-16(29)12-21(23)35-24(34(19)20)22-8-6-17(38-22)13-27(31,32)33/h5-12,24H,13H2,1-4H3. The third-order valence-electron chi connectivity index (χ3n) is 7.44. The predicted molar refractivity (Wildman–Crippen MR) is 141 cm³/mol. The number of halogens is 5. The van der Waals surface area contributed by atoms with Crippen molar-refractivity contribution in [3.63, 3.8) is 0 Å². The minimum absolute atomic E-state index is 0.163. The van der Waals surface area contributed by atoms with Gasteiger partial charge in [-0.3, -0.25) is 4.57 Å². The van der Waals surface area contributed by atoms with Crippen molar-refractivity contribution in [1.29, 1.82) is 0 Å². The van der Waals surface area contributed by atoms with Gasteiger partial charge in [-0.25, -0.2) is 4.39 Å². The van der Waals surface area contributed by atoms with Gasteiger partial charge >= 0.3 is 13.3 Å². The lowest BCUT2D eigenvalue weighted by molar-refractivity contribution is -0.126. The molecule has 38 heavy (non-hydrogen) atoms. The SMILES string of the molecule is CC1(C)OB(c2ccc3c(c2)cc2n3C(c3ccc(CC(F)(F)F)s3)Oc3cc(Cl)cc(F)c3-2)OC1(C)C. The Morgan fingerprint density at radius 2 is 1.71 bits per heavy atom. The molecule has 1 fully saturated rings. The van der Waals surface area contributed by atoms with Crippen LogP contribution in [-0.4, -0.2) is 29.1 Å². The molecule has 0 aliphatic carbocycles. The Hall–Kier alpha value is -2.53. The van der Waals surface area contributed by atoms with Gasteiger partial charge in [0, 0.05) is 15.3 Å². The third kappa shape index (κ3) is 4.22. The molecule has 0 bridgehead atoms. The van der Waals surface area contributed by atoms with E-state index in [0.29, 0.717) is 10.6 Å². The second kappa shape index (κ2) is 8.49. The summed E-state index contributed by atoms with van der Waals surface area (Å²) in [5, 5.41) is 0.951. The summed E-state index contributed by atoms with van der Waals surface area (Å²) in [6.07, 6.45) is -6.16. The van der Waals surface area contributed by atoms with Crippen LogP contribution in [0.5, 0.6) is 5.75 Å². The van der Waals surface area contributed by atoms with Crippen LogP contribution in [-0.2, 0) is 15.7 Å². The number of fused-ring (bicyclic) bond motifs is 5. The highest BCUT2D eigenvalue weighted by atomic mass is 35.5. The number of alkyl halides is 3. The molecule has 0 spiro atoms. The maximum Gasteiger partial charge on any atom is 0.494 e. The van der Waals surface area contributed by atoms with E-state index in [9.17, 15) is 13.2 Å². The Kier molecular flexibility index (Phi) is 5.75. The van der Waals surface area contributed by atoms with Crippen molar-refractivity contribution in [3.8, 4) is 17.0 Å². The highest BCUT2D eigenvalue weighted by molar-refractivity contribution is 7.12. The lowest BCUT2D eigenvalue weighted by atomic mass is 9.78. The maximum atomic E-state index is 15.2. The van der Waals surface area contributed by atoms with Crippen molar-refractivity contribution in [3.05, 3.63) is 69.1 Å². The summed E-state index contributed by atoms with van der Waals surface area (Å²) in [4.78, 5) is 0.726. The molecule has 6 rings (SSSR count). The summed E-state index contributed by atoms with van der Waals surface area (Å²) >= 11 is 7.14. The summed E-state index contributed by atoms with van der Waals surface area (Å²) in [5.41, 5.74) is 1.29. The van der Waals surface area contributed by atoms with E-state index in [2.05, 4.69) is 0 Å². The molecular weight excluding hydrogens is 541 g/mol. The van der Waals surface area contributed by atoms with Crippen LogP contribution in [0.1, 0.15) is 43.7 Å². The van der Waals surface area contributed by atoms with Crippen LogP contribution in [0.15, 0.2) is 48.5 Å². The molecule has 0 N–H and O–H groups in total. The van der Waals surface area contributed by atoms with E-state index < -0.39 is 43.0 Å². The third-order valence-corrected chi connectivity index (χ3v) is 8.77. The van der Waals surface area contributed by atoms with E-state index in [1.165, 1.54) is 18.2 Å². The first-order valence-corrected chi connectivity index (χ1v) is 13.2. The number of rotatable bonds is 3. The van der Waals surface area contributed by atoms with Crippen LogP contribution < -0.4 is 10.2 Å². The van der Waals surface area contributed by atoms with Crippen LogP contribution in [0.25, 0.3) is 22.2 Å². The predicted octanol–water partition coefficient (Wildman–Crippen LogP) is 7.51. The fourth-order valence-corrected chi connectivity index (χ4v) is 6.16. The minimum atomic E-state index is -4.33. The van der Waals surface area contributed by atoms with Gasteiger partial charge < -0.3 is 14.0 Å². The summed E-state index contributed by atoms with van der Waals surface area (Å²) < 4.78 is 74.7. The maximum absolute atomic E-state index is 15.2. The Balaban J connectivity index is 1.49. The zero-order valence-electron chi connectivity index (χ0n) is 21.0. The van der Waals surface area contributed by atoms with Crippen LogP contribution in [0, 0.1) is 5.82 Å². The van der Waals surface area contributed by atoms with Gasteiger partial charge in [-0.1, -0.05) is 23.7 Å². The van der Waals surface area contributed by atoms with Gasteiger partial charge in [-0.2, -0.15) is 13.2 Å². The van der Waals surface area contributed by atoms with Crippen molar-refractivity contribution in [2.75, 3.05) is 0 Å². The van der Waals surface area contributed by atoms with Crippen LogP contribution in [0.2, 0.25) is 5.02 Å². The lowest BCUT2D eigenvalue weighted by Crippen LogP contribution is -2.41. The van der Waals surface area contributed by atoms with Crippen molar-refractivity contribution in [2.45, 2.75) is 57.7 Å². The van der Waals surface area contributed by atoms with Gasteiger partial charge in [0.1, 0.15) is 11.6 Å². The zero-order chi connectivity index (χ0) is 27.2. The molecule has 4 aromatic rings. The molecule has 4 heterocycles. The second-order valence-corrected chi connectivity index (χ2v) is 12.3. The second-order valence-electron chi connectivity index (χ2n) is 10.6. The van der Waals surface area contributed by atoms with E-state index in [-0.39, 0.29) is 21.2 Å². The van der Waals surface area contributed by atoms with Gasteiger partial charge in [0.15, 0.2) is 0 Å². The largest absolute Gasteiger partial charge is 0.494 e. The minimum Gasteiger partial charge on any atom is -0.464 e. The summed E-state index contributed by atoms with van der Waals surface area (Å²) in [6.45, 7) is 7.90. The van der Waals surface area contributed by atoms with Crippen molar-refractivity contribution in [2.24, 2.45) is 0 Å². The normalized spacial score (nSPS) is 19.9. The smallest absolute Gasteiger partial charge is 0.464 e. The average Bonchev–Trinajstić information content (AvgIpc) is 3.45. The fraction of sp³-hybridized carbons (Fsp3) is 0.333. The van der Waals surface area contributed by atoms with E-state index in [1.807, 2.05) is 56.5 Å². The van der Waals surface area contributed by atoms with Crippen LogP contribution >= 0.6 is 22.9 Å². The number of benzene rings is 2. The summed E-state index contributed by atoms with van der Waals surface area (Å²) in [5.74, 6) is -0.322. The molecule has 0 radical (unpaired) electrons. The van der Waals surface area contributed by atoms with Gasteiger partial charge in [0.25, 0.3) is 0 Å². The van der Waals surface area contributed by atoms with Gasteiger partial charge in [-0.15, -0.1) is 11.3 Å². The first-order chi connectivity index (χ1) is 17.7. The van der Waals surface area contributed by atoms with Crippen molar-refractivity contribution in [1.82, 2.24) is 4.57 Å². The monoisotopic (exact) mass is 563 g/mol. The molecule has 4 nitrogen and oxygen atoms in total. The quantitative estimate of drug-likeness (QED) is 0.191. The number of ether oxygens (including phenoxy) is 1. The Morgan fingerprint density at radius 1 is 1.00 bits per heavy atom. The van der Waals surface area contributed by atoms with E-state index >= 15 is 4.39 Å². The molecule has 2 aromatic carbocycles. The molecule has 11 heteroatoms. The first kappa shape index (κ1) is 25.7. The number of hydrogen-bond donors (Lipinski definition) is 0. The first-order valence-electron chi connectivity index (χ1n) is 12.0. The lowest BCUT2D eigenvalue weighted by Gasteiger charge is -2.32. The molecule has 0 saturated carbocycles. The summed E-state index contributed by atoms with van der Waals surface area (Å²) in [6, 6.07) is 13.3. The van der Waals surface area contributed by atoms with Gasteiger partial charge in [0.2, 0.25) is 6.23 Å². The van der Waals surface area contributed by atoms with Crippen molar-refractivity contribution >= 4 is 46.4 Å². The van der Waals surface area contributed by atoms with Crippen LogP contribution in [0.3, 0.4) is 0 Å². The number of thiophene rings is 1. The molecule has 0 amide bonds. The number of nitrogens with zero attached hydrogens (tertiary/aromatic N) is 1. The molecule has 2 aliphatic rings. The molecule has 1 atom stereocenters. The van der Waals surface area contributed by atoms with E-state index in [1.54, 1.807) is 6.07 Å². The zero-order valence-corrected chi connectivity index (χ0v) is 22.5. The van der Waals surface area contributed by atoms with Gasteiger partial charge in [0.05, 0.1) is 39.3 Å². The number of aromatic nitrogens is 1. The van der Waals surface area contributed by atoms with Crippen molar-refractivity contribution < 1.29 is 31.6 Å². The Labute approximate surface area is 226 Å². The Bertz CT molecular complexity index is 1560. The van der Waals surface area contributed by atoms with Crippen LogP contribution in [0.4, 0.5) is 17.6 Å². The highest BCUT2D eigenvalue weighted by Gasteiger charge is 2.51.